The molecule has 0 saturated heterocycles. The smallest absolute Gasteiger partial charge is 0.195 e. The van der Waals surface area contributed by atoms with Crippen LogP contribution in [0.25, 0.3) is 12.2 Å². The molecule has 0 fully saturated rings. The molecule has 0 amide bonds. The molecule has 1 aromatic rings. The van der Waals surface area contributed by atoms with Gasteiger partial charge >= 0.3 is 0 Å². The van der Waals surface area contributed by atoms with Crippen LogP contribution in [-0.2, 0) is 0 Å². The fourth-order valence-electron chi connectivity index (χ4n) is 1.18. The van der Waals surface area contributed by atoms with Crippen LogP contribution in [0, 0.1) is 6.92 Å². The Bertz CT molecular complexity index is 545. The van der Waals surface area contributed by atoms with Crippen LogP contribution in [0.2, 0.25) is 0 Å². The molecule has 0 unspecified atom stereocenters. The number of rotatable bonds is 2. The summed E-state index contributed by atoms with van der Waals surface area (Å²) in [4.78, 5) is 11.8. The first-order valence-electron chi connectivity index (χ1n) is 4.75. The lowest BCUT2D eigenvalue weighted by Gasteiger charge is -1.91. The van der Waals surface area contributed by atoms with E-state index in [1.807, 2.05) is 19.1 Å². The molecule has 15 heavy (non-hydrogen) atoms. The predicted octanol–water partition coefficient (Wildman–Crippen LogP) is 1.27. The van der Waals surface area contributed by atoms with Gasteiger partial charge in [0.1, 0.15) is 5.42 Å². The Hall–Kier alpha value is -1.83. The lowest BCUT2D eigenvalue weighted by molar-refractivity contribution is 0.504. The maximum Gasteiger partial charge on any atom is 0.195 e. The van der Waals surface area contributed by atoms with Crippen molar-refractivity contribution in [2.45, 2.75) is 13.8 Å². The Morgan fingerprint density at radius 1 is 1.40 bits per heavy atom. The van der Waals surface area contributed by atoms with Crippen molar-refractivity contribution in [3.8, 4) is 0 Å². The van der Waals surface area contributed by atoms with Gasteiger partial charge in [0.25, 0.3) is 0 Å². The van der Waals surface area contributed by atoms with Crippen LogP contribution in [0.15, 0.2) is 40.3 Å². The Labute approximate surface area is 88.6 Å². The van der Waals surface area contributed by atoms with Gasteiger partial charge in [-0.05, 0) is 26.0 Å². The molecule has 0 aliphatic rings. The molecule has 0 aliphatic carbocycles. The van der Waals surface area contributed by atoms with Crippen molar-refractivity contribution in [3.63, 3.8) is 0 Å². The molecule has 0 aliphatic heterocycles. The fourth-order valence-corrected chi connectivity index (χ4v) is 1.18. The van der Waals surface area contributed by atoms with Crippen LogP contribution in [0.4, 0.5) is 0 Å². The predicted molar refractivity (Wildman–Crippen MR) is 62.9 cm³/mol. The first-order chi connectivity index (χ1) is 7.20. The third-order valence-electron chi connectivity index (χ3n) is 1.96. The van der Waals surface area contributed by atoms with E-state index in [0.29, 0.717) is 16.2 Å². The molecule has 0 saturated carbocycles. The molecule has 1 aromatic heterocycles. The van der Waals surface area contributed by atoms with Crippen molar-refractivity contribution in [1.82, 2.24) is 0 Å². The molecular formula is C13H14O2. The summed E-state index contributed by atoms with van der Waals surface area (Å²) in [6, 6.07) is 0. The molecule has 1 rings (SSSR count). The van der Waals surface area contributed by atoms with E-state index in [0.717, 1.165) is 0 Å². The molecule has 78 valence electrons. The van der Waals surface area contributed by atoms with E-state index in [1.54, 1.807) is 25.2 Å². The van der Waals surface area contributed by atoms with Crippen LogP contribution in [-0.4, -0.2) is 0 Å². The highest BCUT2D eigenvalue weighted by atomic mass is 16.3. The Balaban J connectivity index is 3.70. The molecular weight excluding hydrogens is 188 g/mol. The lowest BCUT2D eigenvalue weighted by atomic mass is 10.2. The second-order valence-electron chi connectivity index (χ2n) is 3.12. The number of allylic oxidation sites excluding steroid dienone is 3. The summed E-state index contributed by atoms with van der Waals surface area (Å²) in [7, 11) is 0. The van der Waals surface area contributed by atoms with Crippen LogP contribution in [0.5, 0.6) is 0 Å². The average Bonchev–Trinajstić information content (AvgIpc) is 2.24. The third kappa shape index (κ3) is 2.56. The number of hydrogen-bond donors (Lipinski definition) is 0. The van der Waals surface area contributed by atoms with Crippen LogP contribution in [0.3, 0.4) is 0 Å². The van der Waals surface area contributed by atoms with Gasteiger partial charge in [-0.25, -0.2) is 0 Å². The molecule has 0 aromatic carbocycles. The first-order valence-corrected chi connectivity index (χ1v) is 4.75. The summed E-state index contributed by atoms with van der Waals surface area (Å²) in [5.74, 6) is 0. The zero-order valence-corrected chi connectivity index (χ0v) is 8.99. The first kappa shape index (κ1) is 11.2. The van der Waals surface area contributed by atoms with Gasteiger partial charge in [0.15, 0.2) is 5.43 Å². The molecule has 2 heteroatoms. The second kappa shape index (κ2) is 5.15. The molecule has 0 N–H and O–H groups in total. The second-order valence-corrected chi connectivity index (χ2v) is 3.12. The number of aryl methyl sites for hydroxylation is 1. The minimum Gasteiger partial charge on any atom is -0.464 e. The van der Waals surface area contributed by atoms with Gasteiger partial charge in [0, 0.05) is 5.56 Å². The van der Waals surface area contributed by atoms with E-state index >= 15 is 0 Å². The standard InChI is InChI=1S/C13H14O2/c1-4-6-8-12-11(7-5-2)13(14)10(3)9-15-12/h4-9H,2H2,1,3H3/b6-4-,11-7+,12-8+. The lowest BCUT2D eigenvalue weighted by Crippen LogP contribution is -2.39. The average molecular weight is 202 g/mol. The Kier molecular flexibility index (Phi) is 3.86. The highest BCUT2D eigenvalue weighted by molar-refractivity contribution is 5.40. The summed E-state index contributed by atoms with van der Waals surface area (Å²) in [6.45, 7) is 7.21. The van der Waals surface area contributed by atoms with E-state index in [1.165, 1.54) is 6.26 Å². The van der Waals surface area contributed by atoms with Gasteiger partial charge in [-0.15, -0.1) is 0 Å². The normalized spacial score (nSPS) is 13.7. The topological polar surface area (TPSA) is 30.2 Å². The van der Waals surface area contributed by atoms with Crippen molar-refractivity contribution in [2.75, 3.05) is 0 Å². The maximum atomic E-state index is 11.8. The SMILES string of the molecule is C=C/C=c1/c(=O)c(C)co/c1=C/C=C\C. The highest BCUT2D eigenvalue weighted by Crippen LogP contribution is 1.80. The fraction of sp³-hybridized carbons (Fsp3) is 0.154. The van der Waals surface area contributed by atoms with E-state index in [-0.39, 0.29) is 5.43 Å². The van der Waals surface area contributed by atoms with E-state index in [9.17, 15) is 4.79 Å². The van der Waals surface area contributed by atoms with Crippen molar-refractivity contribution in [2.24, 2.45) is 0 Å². The number of hydrogen-bond acceptors (Lipinski definition) is 2. The van der Waals surface area contributed by atoms with Gasteiger partial charge in [0.05, 0.1) is 11.5 Å². The highest BCUT2D eigenvalue weighted by Gasteiger charge is 1.96. The summed E-state index contributed by atoms with van der Waals surface area (Å²) in [6.07, 6.45) is 10.2. The summed E-state index contributed by atoms with van der Waals surface area (Å²) in [5, 5.41) is 0.545. The minimum atomic E-state index is -0.0168. The Morgan fingerprint density at radius 3 is 2.73 bits per heavy atom. The van der Waals surface area contributed by atoms with Crippen LogP contribution < -0.4 is 16.1 Å². The molecule has 0 radical (unpaired) electrons. The van der Waals surface area contributed by atoms with Crippen molar-refractivity contribution in [3.05, 3.63) is 57.5 Å². The molecule has 0 spiro atoms. The van der Waals surface area contributed by atoms with Crippen molar-refractivity contribution >= 4 is 12.2 Å². The van der Waals surface area contributed by atoms with Crippen LogP contribution in [0.1, 0.15) is 12.5 Å². The summed E-state index contributed by atoms with van der Waals surface area (Å²) >= 11 is 0. The van der Waals surface area contributed by atoms with Gasteiger partial charge in [-0.3, -0.25) is 4.79 Å². The molecule has 0 bridgehead atoms. The minimum absolute atomic E-state index is 0.0168. The van der Waals surface area contributed by atoms with Crippen molar-refractivity contribution in [1.29, 1.82) is 0 Å². The molecule has 0 atom stereocenters. The van der Waals surface area contributed by atoms with Gasteiger partial charge in [-0.2, -0.15) is 0 Å². The van der Waals surface area contributed by atoms with Gasteiger partial charge in [-0.1, -0.05) is 24.8 Å². The quantitative estimate of drug-likeness (QED) is 0.723. The Morgan fingerprint density at radius 2 is 2.13 bits per heavy atom. The van der Waals surface area contributed by atoms with Crippen LogP contribution >= 0.6 is 0 Å². The third-order valence-corrected chi connectivity index (χ3v) is 1.96. The van der Waals surface area contributed by atoms with E-state index in [4.69, 9.17) is 4.42 Å². The largest absolute Gasteiger partial charge is 0.464 e. The zero-order valence-electron chi connectivity index (χ0n) is 8.99. The van der Waals surface area contributed by atoms with E-state index in [2.05, 4.69) is 6.58 Å². The van der Waals surface area contributed by atoms with Gasteiger partial charge < -0.3 is 4.42 Å². The van der Waals surface area contributed by atoms with E-state index < -0.39 is 0 Å². The molecule has 1 heterocycles. The van der Waals surface area contributed by atoms with Crippen molar-refractivity contribution < 1.29 is 4.42 Å². The summed E-state index contributed by atoms with van der Waals surface area (Å²) in [5.41, 5.74) is 1.14. The van der Waals surface area contributed by atoms with Gasteiger partial charge in [0.2, 0.25) is 0 Å². The zero-order chi connectivity index (χ0) is 11.3. The monoisotopic (exact) mass is 202 g/mol. The maximum absolute atomic E-state index is 11.8. The molecule has 2 nitrogen and oxygen atoms in total. The summed E-state index contributed by atoms with van der Waals surface area (Å²) < 4.78 is 5.34.